The van der Waals surface area contributed by atoms with E-state index in [1.54, 1.807) is 13.8 Å². The lowest BCUT2D eigenvalue weighted by Gasteiger charge is -2.38. The van der Waals surface area contributed by atoms with Crippen LogP contribution in [0.5, 0.6) is 0 Å². The molecule has 0 bridgehead atoms. The van der Waals surface area contributed by atoms with Crippen LogP contribution in [-0.2, 0) is 0 Å². The summed E-state index contributed by atoms with van der Waals surface area (Å²) in [6, 6.07) is 0. The van der Waals surface area contributed by atoms with Gasteiger partial charge in [0.15, 0.2) is 0 Å². The maximum Gasteiger partial charge on any atom is 0.0644 e. The number of hydrogen-bond donors (Lipinski definition) is 3. The van der Waals surface area contributed by atoms with E-state index in [4.69, 9.17) is 0 Å². The maximum atomic E-state index is 9.66. The number of aliphatic hydroxyl groups excluding tert-OH is 2. The van der Waals surface area contributed by atoms with Gasteiger partial charge in [0.2, 0.25) is 0 Å². The van der Waals surface area contributed by atoms with Crippen LogP contribution in [0.2, 0.25) is 0 Å². The lowest BCUT2D eigenvalue weighted by Crippen LogP contribution is -2.44. The molecule has 3 heteroatoms. The molecule has 0 heterocycles. The molecule has 0 aromatic carbocycles. The van der Waals surface area contributed by atoms with Gasteiger partial charge >= 0.3 is 0 Å². The predicted molar refractivity (Wildman–Crippen MR) is 45.7 cm³/mol. The first-order valence-electron chi connectivity index (χ1n) is 4.50. The lowest BCUT2D eigenvalue weighted by molar-refractivity contribution is -0.0878. The van der Waals surface area contributed by atoms with Gasteiger partial charge in [-0.2, -0.15) is 0 Å². The standard InChI is InChI=1S/C9H18O3/c1-9(2,12)7-4-3-6(10)5-8(7)11/h6-8,10-12H,3-5H2,1-2H3. The van der Waals surface area contributed by atoms with Crippen LogP contribution in [0.25, 0.3) is 0 Å². The van der Waals surface area contributed by atoms with E-state index in [0.29, 0.717) is 19.3 Å². The zero-order valence-electron chi connectivity index (χ0n) is 7.70. The average Bonchev–Trinajstić information content (AvgIpc) is 1.83. The predicted octanol–water partition coefficient (Wildman–Crippen LogP) is 0.279. The fourth-order valence-corrected chi connectivity index (χ4v) is 1.95. The molecule has 72 valence electrons. The second kappa shape index (κ2) is 3.32. The van der Waals surface area contributed by atoms with Crippen molar-refractivity contribution in [3.8, 4) is 0 Å². The van der Waals surface area contributed by atoms with E-state index in [1.165, 1.54) is 0 Å². The van der Waals surface area contributed by atoms with Crippen molar-refractivity contribution in [2.24, 2.45) is 5.92 Å². The Morgan fingerprint density at radius 3 is 2.17 bits per heavy atom. The summed E-state index contributed by atoms with van der Waals surface area (Å²) < 4.78 is 0. The van der Waals surface area contributed by atoms with Crippen molar-refractivity contribution >= 4 is 0 Å². The molecule has 3 unspecified atom stereocenters. The van der Waals surface area contributed by atoms with Crippen molar-refractivity contribution < 1.29 is 15.3 Å². The first kappa shape index (κ1) is 9.96. The Morgan fingerprint density at radius 1 is 1.17 bits per heavy atom. The Balaban J connectivity index is 2.57. The summed E-state index contributed by atoms with van der Waals surface area (Å²) in [5.41, 5.74) is -0.834. The molecule has 0 spiro atoms. The SMILES string of the molecule is CC(C)(O)C1CCC(O)CC1O. The van der Waals surface area contributed by atoms with Gasteiger partial charge in [0.05, 0.1) is 17.8 Å². The van der Waals surface area contributed by atoms with Crippen molar-refractivity contribution in [3.05, 3.63) is 0 Å². The monoisotopic (exact) mass is 174 g/mol. The molecule has 3 nitrogen and oxygen atoms in total. The molecule has 12 heavy (non-hydrogen) atoms. The fraction of sp³-hybridized carbons (Fsp3) is 1.00. The molecule has 0 amide bonds. The van der Waals surface area contributed by atoms with E-state index in [9.17, 15) is 15.3 Å². The van der Waals surface area contributed by atoms with Crippen LogP contribution in [0.3, 0.4) is 0 Å². The minimum atomic E-state index is -0.834. The first-order valence-corrected chi connectivity index (χ1v) is 4.50. The van der Waals surface area contributed by atoms with Crippen molar-refractivity contribution in [2.45, 2.75) is 50.9 Å². The van der Waals surface area contributed by atoms with Gasteiger partial charge < -0.3 is 15.3 Å². The Morgan fingerprint density at radius 2 is 1.75 bits per heavy atom. The molecule has 0 saturated heterocycles. The molecule has 3 N–H and O–H groups in total. The van der Waals surface area contributed by atoms with E-state index in [1.807, 2.05) is 0 Å². The Hall–Kier alpha value is -0.120. The molecule has 0 aromatic rings. The topological polar surface area (TPSA) is 60.7 Å². The molecular formula is C9H18O3. The highest BCUT2D eigenvalue weighted by molar-refractivity contribution is 4.88. The fourth-order valence-electron chi connectivity index (χ4n) is 1.95. The summed E-state index contributed by atoms with van der Waals surface area (Å²) in [7, 11) is 0. The van der Waals surface area contributed by atoms with Gasteiger partial charge in [0.1, 0.15) is 0 Å². The van der Waals surface area contributed by atoms with Gasteiger partial charge in [0, 0.05) is 5.92 Å². The molecule has 0 aromatic heterocycles. The van der Waals surface area contributed by atoms with Crippen LogP contribution in [0.15, 0.2) is 0 Å². The number of hydrogen-bond acceptors (Lipinski definition) is 3. The van der Waals surface area contributed by atoms with Gasteiger partial charge in [-0.15, -0.1) is 0 Å². The second-order valence-corrected chi connectivity index (χ2v) is 4.29. The number of rotatable bonds is 1. The van der Waals surface area contributed by atoms with Crippen molar-refractivity contribution in [3.63, 3.8) is 0 Å². The van der Waals surface area contributed by atoms with Crippen molar-refractivity contribution in [2.75, 3.05) is 0 Å². The van der Waals surface area contributed by atoms with Gasteiger partial charge in [-0.1, -0.05) is 0 Å². The van der Waals surface area contributed by atoms with Crippen LogP contribution in [0, 0.1) is 5.92 Å². The molecule has 1 fully saturated rings. The molecular weight excluding hydrogens is 156 g/mol. The summed E-state index contributed by atoms with van der Waals surface area (Å²) in [4.78, 5) is 0. The summed E-state index contributed by atoms with van der Waals surface area (Å²) in [6.45, 7) is 3.41. The molecule has 3 atom stereocenters. The van der Waals surface area contributed by atoms with E-state index in [-0.39, 0.29) is 5.92 Å². The largest absolute Gasteiger partial charge is 0.393 e. The van der Waals surface area contributed by atoms with Gasteiger partial charge in [-0.05, 0) is 33.1 Å². The van der Waals surface area contributed by atoms with Gasteiger partial charge in [0.25, 0.3) is 0 Å². The quantitative estimate of drug-likeness (QED) is 0.535. The molecule has 0 radical (unpaired) electrons. The summed E-state index contributed by atoms with van der Waals surface area (Å²) in [5.74, 6) is -0.0964. The van der Waals surface area contributed by atoms with E-state index in [0.717, 1.165) is 0 Å². The third kappa shape index (κ3) is 2.19. The van der Waals surface area contributed by atoms with Crippen LogP contribution in [0.1, 0.15) is 33.1 Å². The molecule has 1 aliphatic rings. The second-order valence-electron chi connectivity index (χ2n) is 4.29. The van der Waals surface area contributed by atoms with Gasteiger partial charge in [-0.25, -0.2) is 0 Å². The van der Waals surface area contributed by atoms with E-state index in [2.05, 4.69) is 0 Å². The van der Waals surface area contributed by atoms with E-state index >= 15 is 0 Å². The van der Waals surface area contributed by atoms with Crippen LogP contribution in [-0.4, -0.2) is 33.1 Å². The van der Waals surface area contributed by atoms with Crippen molar-refractivity contribution in [1.29, 1.82) is 0 Å². The smallest absolute Gasteiger partial charge is 0.0644 e. The minimum Gasteiger partial charge on any atom is -0.393 e. The highest BCUT2D eigenvalue weighted by atomic mass is 16.3. The molecule has 0 aliphatic heterocycles. The third-order valence-corrected chi connectivity index (χ3v) is 2.70. The summed E-state index contributed by atoms with van der Waals surface area (Å²) >= 11 is 0. The first-order chi connectivity index (χ1) is 5.41. The van der Waals surface area contributed by atoms with Crippen molar-refractivity contribution in [1.82, 2.24) is 0 Å². The molecule has 1 saturated carbocycles. The normalized spacial score (nSPS) is 38.2. The molecule has 1 rings (SSSR count). The van der Waals surface area contributed by atoms with Gasteiger partial charge in [-0.3, -0.25) is 0 Å². The maximum absolute atomic E-state index is 9.66. The highest BCUT2D eigenvalue weighted by Gasteiger charge is 2.37. The zero-order chi connectivity index (χ0) is 9.35. The summed E-state index contributed by atoms with van der Waals surface area (Å²) in [5, 5.41) is 28.4. The molecule has 1 aliphatic carbocycles. The average molecular weight is 174 g/mol. The minimum absolute atomic E-state index is 0.0964. The zero-order valence-corrected chi connectivity index (χ0v) is 7.70. The Kier molecular flexibility index (Phi) is 2.76. The number of aliphatic hydroxyl groups is 3. The van der Waals surface area contributed by atoms with Crippen LogP contribution >= 0.6 is 0 Å². The van der Waals surface area contributed by atoms with E-state index < -0.39 is 17.8 Å². The van der Waals surface area contributed by atoms with Crippen LogP contribution in [0.4, 0.5) is 0 Å². The summed E-state index contributed by atoms with van der Waals surface area (Å²) in [6.07, 6.45) is 0.832. The third-order valence-electron chi connectivity index (χ3n) is 2.70. The Labute approximate surface area is 73.0 Å². The Bertz CT molecular complexity index is 150. The highest BCUT2D eigenvalue weighted by Crippen LogP contribution is 2.32. The van der Waals surface area contributed by atoms with Crippen LogP contribution < -0.4 is 0 Å². The lowest BCUT2D eigenvalue weighted by atomic mass is 9.76.